The van der Waals surface area contributed by atoms with Gasteiger partial charge in [0.05, 0.1) is 18.5 Å². The van der Waals surface area contributed by atoms with Crippen molar-refractivity contribution in [3.05, 3.63) is 0 Å². The average Bonchev–Trinajstić information content (AvgIpc) is 2.67. The number of sulfonamides is 1. The summed E-state index contributed by atoms with van der Waals surface area (Å²) in [5.74, 6) is -0.469. The topological polar surface area (TPSA) is 66.8 Å². The molecule has 0 aromatic rings. The second-order valence-electron chi connectivity index (χ2n) is 4.09. The van der Waals surface area contributed by atoms with E-state index < -0.39 is 47.8 Å². The molecule has 18 heavy (non-hydrogen) atoms. The van der Waals surface area contributed by atoms with Crippen LogP contribution in [-0.2, 0) is 14.8 Å². The quantitative estimate of drug-likeness (QED) is 0.767. The van der Waals surface area contributed by atoms with Crippen molar-refractivity contribution in [2.75, 3.05) is 32.1 Å². The average molecular weight is 291 g/mol. The van der Waals surface area contributed by atoms with Crippen LogP contribution >= 0.6 is 0 Å². The van der Waals surface area contributed by atoms with E-state index in [1.807, 2.05) is 0 Å². The first kappa shape index (κ1) is 15.7. The predicted octanol–water partition coefficient (Wildman–Crippen LogP) is 0.352. The molecule has 1 aliphatic heterocycles. The fourth-order valence-electron chi connectivity index (χ4n) is 1.74. The van der Waals surface area contributed by atoms with E-state index in [1.165, 1.54) is 0 Å². The molecule has 0 aliphatic carbocycles. The van der Waals surface area contributed by atoms with Crippen LogP contribution in [0.25, 0.3) is 0 Å². The number of hydrogen-bond acceptors (Lipinski definition) is 4. The van der Waals surface area contributed by atoms with Crippen molar-refractivity contribution >= 4 is 10.0 Å². The third kappa shape index (κ3) is 5.09. The third-order valence-corrected chi connectivity index (χ3v) is 4.41. The highest BCUT2D eigenvalue weighted by molar-refractivity contribution is 7.89. The molecule has 1 heterocycles. The number of hydrogen-bond donors (Lipinski definition) is 1. The highest BCUT2D eigenvalue weighted by Gasteiger charge is 2.37. The molecule has 1 aliphatic rings. The summed E-state index contributed by atoms with van der Waals surface area (Å²) in [6.07, 6.45) is -3.94. The molecule has 1 saturated heterocycles. The summed E-state index contributed by atoms with van der Waals surface area (Å²) >= 11 is 0. The van der Waals surface area contributed by atoms with Gasteiger partial charge in [0.2, 0.25) is 10.0 Å². The van der Waals surface area contributed by atoms with Gasteiger partial charge >= 0.3 is 6.18 Å². The lowest BCUT2D eigenvalue weighted by molar-refractivity contribution is -0.136. The molecular weight excluding hydrogens is 275 g/mol. The van der Waals surface area contributed by atoms with Gasteiger partial charge < -0.3 is 9.84 Å². The van der Waals surface area contributed by atoms with Gasteiger partial charge in [0.25, 0.3) is 0 Å². The number of aliphatic hydroxyl groups is 1. The van der Waals surface area contributed by atoms with Gasteiger partial charge in [-0.05, 0) is 12.8 Å². The van der Waals surface area contributed by atoms with Gasteiger partial charge in [-0.2, -0.15) is 17.5 Å². The molecule has 0 bridgehead atoms. The van der Waals surface area contributed by atoms with Crippen LogP contribution in [0.1, 0.15) is 12.8 Å². The molecule has 0 radical (unpaired) electrons. The van der Waals surface area contributed by atoms with E-state index in [1.54, 1.807) is 0 Å². The minimum absolute atomic E-state index is 0.259. The van der Waals surface area contributed by atoms with Crippen molar-refractivity contribution in [3.63, 3.8) is 0 Å². The standard InChI is InChI=1S/C9H16F3NO4S/c10-9(11,12)7-13(3-4-14)18(15,16)6-8-2-1-5-17-8/h8,14H,1-7H2. The maximum Gasteiger partial charge on any atom is 0.402 e. The SMILES string of the molecule is O=S(=O)(CC1CCCO1)N(CCO)CC(F)(F)F. The summed E-state index contributed by atoms with van der Waals surface area (Å²) in [5.41, 5.74) is 0. The number of rotatable bonds is 6. The molecule has 9 heteroatoms. The molecule has 1 unspecified atom stereocenters. The minimum atomic E-state index is -4.63. The second-order valence-corrected chi connectivity index (χ2v) is 6.10. The van der Waals surface area contributed by atoms with Gasteiger partial charge in [-0.25, -0.2) is 8.42 Å². The van der Waals surface area contributed by atoms with Crippen molar-refractivity contribution in [1.29, 1.82) is 0 Å². The Labute approximate surface area is 104 Å². The number of alkyl halides is 3. The van der Waals surface area contributed by atoms with Crippen molar-refractivity contribution < 1.29 is 31.4 Å². The molecule has 0 spiro atoms. The summed E-state index contributed by atoms with van der Waals surface area (Å²) in [6, 6.07) is 0. The number of nitrogens with zero attached hydrogens (tertiary/aromatic N) is 1. The lowest BCUT2D eigenvalue weighted by Crippen LogP contribution is -2.43. The molecule has 0 amide bonds. The molecular formula is C9H16F3NO4S. The van der Waals surface area contributed by atoms with Crippen LogP contribution < -0.4 is 0 Å². The maximum atomic E-state index is 12.3. The fourth-order valence-corrected chi connectivity index (χ4v) is 3.39. The van der Waals surface area contributed by atoms with Crippen LogP contribution in [0.3, 0.4) is 0 Å². The van der Waals surface area contributed by atoms with Crippen molar-refractivity contribution in [2.45, 2.75) is 25.1 Å². The Kier molecular flexibility index (Phi) is 5.38. The molecule has 0 aromatic carbocycles. The summed E-state index contributed by atoms with van der Waals surface area (Å²) < 4.78 is 65.7. The maximum absolute atomic E-state index is 12.3. The zero-order chi connectivity index (χ0) is 13.8. The first-order valence-electron chi connectivity index (χ1n) is 5.51. The lowest BCUT2D eigenvalue weighted by Gasteiger charge is -2.23. The first-order valence-corrected chi connectivity index (χ1v) is 7.12. The Morgan fingerprint density at radius 1 is 1.39 bits per heavy atom. The molecule has 0 saturated carbocycles. The normalized spacial score (nSPS) is 21.7. The van der Waals surface area contributed by atoms with Crippen LogP contribution in [0, 0.1) is 0 Å². The van der Waals surface area contributed by atoms with Crippen molar-refractivity contribution in [3.8, 4) is 0 Å². The van der Waals surface area contributed by atoms with E-state index in [4.69, 9.17) is 9.84 Å². The van der Waals surface area contributed by atoms with Gasteiger partial charge in [0.15, 0.2) is 0 Å². The van der Waals surface area contributed by atoms with Crippen molar-refractivity contribution in [2.24, 2.45) is 0 Å². The van der Waals surface area contributed by atoms with Gasteiger partial charge in [-0.15, -0.1) is 0 Å². The zero-order valence-corrected chi connectivity index (χ0v) is 10.5. The first-order chi connectivity index (χ1) is 8.24. The Balaban J connectivity index is 2.69. The Hall–Kier alpha value is -0.380. The highest BCUT2D eigenvalue weighted by Crippen LogP contribution is 2.21. The third-order valence-electron chi connectivity index (χ3n) is 2.52. The summed E-state index contributed by atoms with van der Waals surface area (Å²) in [7, 11) is -4.07. The summed E-state index contributed by atoms with van der Waals surface area (Å²) in [6.45, 7) is -2.36. The minimum Gasteiger partial charge on any atom is -0.395 e. The Morgan fingerprint density at radius 2 is 2.06 bits per heavy atom. The molecule has 1 N–H and O–H groups in total. The van der Waals surface area contributed by atoms with Crippen LogP contribution in [0.15, 0.2) is 0 Å². The second kappa shape index (κ2) is 6.18. The van der Waals surface area contributed by atoms with E-state index >= 15 is 0 Å². The van der Waals surface area contributed by atoms with Crippen LogP contribution in [0.4, 0.5) is 13.2 Å². The van der Waals surface area contributed by atoms with E-state index in [9.17, 15) is 21.6 Å². The monoisotopic (exact) mass is 291 g/mol. The van der Waals surface area contributed by atoms with Crippen LogP contribution in [0.2, 0.25) is 0 Å². The van der Waals surface area contributed by atoms with Gasteiger partial charge in [-0.3, -0.25) is 0 Å². The summed E-state index contributed by atoms with van der Waals surface area (Å²) in [5, 5.41) is 8.65. The van der Waals surface area contributed by atoms with Gasteiger partial charge in [0.1, 0.15) is 6.54 Å². The number of aliphatic hydroxyl groups excluding tert-OH is 1. The molecule has 0 aromatic heterocycles. The van der Waals surface area contributed by atoms with Crippen LogP contribution in [-0.4, -0.2) is 62.2 Å². The lowest BCUT2D eigenvalue weighted by atomic mass is 10.3. The summed E-state index contributed by atoms with van der Waals surface area (Å²) in [4.78, 5) is 0. The molecule has 5 nitrogen and oxygen atoms in total. The van der Waals surface area contributed by atoms with Crippen LogP contribution in [0.5, 0.6) is 0 Å². The smallest absolute Gasteiger partial charge is 0.395 e. The highest BCUT2D eigenvalue weighted by atomic mass is 32.2. The van der Waals surface area contributed by atoms with E-state index in [0.29, 0.717) is 19.4 Å². The largest absolute Gasteiger partial charge is 0.402 e. The predicted molar refractivity (Wildman–Crippen MR) is 57.5 cm³/mol. The van der Waals surface area contributed by atoms with Gasteiger partial charge in [0, 0.05) is 13.2 Å². The Morgan fingerprint density at radius 3 is 2.50 bits per heavy atom. The van der Waals surface area contributed by atoms with Gasteiger partial charge in [-0.1, -0.05) is 0 Å². The fraction of sp³-hybridized carbons (Fsp3) is 1.00. The van der Waals surface area contributed by atoms with E-state index in [-0.39, 0.29) is 4.31 Å². The molecule has 108 valence electrons. The Bertz CT molecular complexity index is 351. The van der Waals surface area contributed by atoms with Crippen molar-refractivity contribution in [1.82, 2.24) is 4.31 Å². The molecule has 1 atom stereocenters. The number of halogens is 3. The number of ether oxygens (including phenoxy) is 1. The van der Waals surface area contributed by atoms with E-state index in [0.717, 1.165) is 0 Å². The molecule has 1 rings (SSSR count). The zero-order valence-electron chi connectivity index (χ0n) is 9.69. The van der Waals surface area contributed by atoms with E-state index in [2.05, 4.69) is 0 Å². The molecule has 1 fully saturated rings.